The maximum atomic E-state index is 12.2. The number of amides is 1. The lowest BCUT2D eigenvalue weighted by molar-refractivity contribution is -0.137. The quantitative estimate of drug-likeness (QED) is 0.755. The molecule has 4 nitrogen and oxygen atoms in total. The SMILES string of the molecule is COCCC1(C(=O)NCC[C@@H]2CCCO2)CCC1. The van der Waals surface area contributed by atoms with Gasteiger partial charge in [-0.2, -0.15) is 0 Å². The maximum Gasteiger partial charge on any atom is 0.226 e. The smallest absolute Gasteiger partial charge is 0.226 e. The number of ether oxygens (including phenoxy) is 2. The van der Waals surface area contributed by atoms with Crippen molar-refractivity contribution in [2.75, 3.05) is 26.9 Å². The fourth-order valence-corrected chi connectivity index (χ4v) is 2.90. The van der Waals surface area contributed by atoms with E-state index in [9.17, 15) is 4.79 Å². The number of nitrogens with one attached hydrogen (secondary N) is 1. The largest absolute Gasteiger partial charge is 0.385 e. The number of carbonyl (C=O) groups excluding carboxylic acids is 1. The Labute approximate surface area is 109 Å². The van der Waals surface area contributed by atoms with Crippen LogP contribution in [0.2, 0.25) is 0 Å². The highest BCUT2D eigenvalue weighted by Crippen LogP contribution is 2.44. The van der Waals surface area contributed by atoms with E-state index in [-0.39, 0.29) is 11.3 Å². The summed E-state index contributed by atoms with van der Waals surface area (Å²) in [7, 11) is 1.70. The summed E-state index contributed by atoms with van der Waals surface area (Å²) in [5.41, 5.74) is -0.132. The summed E-state index contributed by atoms with van der Waals surface area (Å²) in [4.78, 5) is 12.2. The van der Waals surface area contributed by atoms with Crippen LogP contribution in [0.1, 0.15) is 44.9 Å². The molecule has 4 heteroatoms. The van der Waals surface area contributed by atoms with Crippen molar-refractivity contribution in [3.8, 4) is 0 Å². The first-order chi connectivity index (χ1) is 8.77. The van der Waals surface area contributed by atoms with Gasteiger partial charge in [0, 0.05) is 26.9 Å². The Morgan fingerprint density at radius 2 is 2.28 bits per heavy atom. The van der Waals surface area contributed by atoms with Gasteiger partial charge in [0.05, 0.1) is 11.5 Å². The van der Waals surface area contributed by atoms with Crippen molar-refractivity contribution in [2.24, 2.45) is 5.41 Å². The summed E-state index contributed by atoms with van der Waals surface area (Å²) in [6.07, 6.45) is 7.68. The highest BCUT2D eigenvalue weighted by atomic mass is 16.5. The number of hydrogen-bond acceptors (Lipinski definition) is 3. The highest BCUT2D eigenvalue weighted by molar-refractivity contribution is 5.83. The van der Waals surface area contributed by atoms with Gasteiger partial charge in [-0.15, -0.1) is 0 Å². The predicted octanol–water partition coefficient (Wildman–Crippen LogP) is 1.88. The van der Waals surface area contributed by atoms with Crippen LogP contribution in [-0.2, 0) is 14.3 Å². The van der Waals surface area contributed by atoms with Crippen molar-refractivity contribution in [3.05, 3.63) is 0 Å². The molecule has 1 aliphatic carbocycles. The number of methoxy groups -OCH3 is 1. The van der Waals surface area contributed by atoms with E-state index in [0.717, 1.165) is 51.7 Å². The average molecular weight is 255 g/mol. The van der Waals surface area contributed by atoms with E-state index in [0.29, 0.717) is 12.7 Å². The molecule has 0 bridgehead atoms. The number of carbonyl (C=O) groups is 1. The summed E-state index contributed by atoms with van der Waals surface area (Å²) in [6.45, 7) is 2.31. The first-order valence-electron chi connectivity index (χ1n) is 7.16. The van der Waals surface area contributed by atoms with Crippen LogP contribution in [0, 0.1) is 5.41 Å². The van der Waals surface area contributed by atoms with Crippen molar-refractivity contribution in [1.82, 2.24) is 5.32 Å². The van der Waals surface area contributed by atoms with Gasteiger partial charge in [0.1, 0.15) is 0 Å². The zero-order chi connectivity index (χ0) is 12.8. The van der Waals surface area contributed by atoms with Crippen LogP contribution >= 0.6 is 0 Å². The average Bonchev–Trinajstić information content (AvgIpc) is 2.81. The molecule has 0 spiro atoms. The van der Waals surface area contributed by atoms with E-state index in [1.54, 1.807) is 7.11 Å². The van der Waals surface area contributed by atoms with Crippen LogP contribution in [0.3, 0.4) is 0 Å². The maximum absolute atomic E-state index is 12.2. The highest BCUT2D eigenvalue weighted by Gasteiger charge is 2.43. The zero-order valence-electron chi connectivity index (χ0n) is 11.4. The predicted molar refractivity (Wildman–Crippen MR) is 69.4 cm³/mol. The first kappa shape index (κ1) is 13.8. The van der Waals surface area contributed by atoms with Gasteiger partial charge >= 0.3 is 0 Å². The van der Waals surface area contributed by atoms with Gasteiger partial charge in [0.25, 0.3) is 0 Å². The lowest BCUT2D eigenvalue weighted by Gasteiger charge is -2.40. The third-order valence-corrected chi connectivity index (χ3v) is 4.35. The molecule has 104 valence electrons. The van der Waals surface area contributed by atoms with Gasteiger partial charge in [-0.1, -0.05) is 6.42 Å². The van der Waals surface area contributed by atoms with Crippen LogP contribution in [-0.4, -0.2) is 38.9 Å². The minimum atomic E-state index is -0.132. The van der Waals surface area contributed by atoms with Crippen molar-refractivity contribution in [2.45, 2.75) is 51.0 Å². The van der Waals surface area contributed by atoms with Crippen LogP contribution in [0.4, 0.5) is 0 Å². The topological polar surface area (TPSA) is 47.6 Å². The molecule has 0 aromatic rings. The minimum absolute atomic E-state index is 0.132. The standard InChI is InChI=1S/C14H25NO3/c1-17-11-8-14(6-3-7-14)13(16)15-9-5-12-4-2-10-18-12/h12H,2-11H2,1H3,(H,15,16)/t12-/m0/s1. The van der Waals surface area contributed by atoms with E-state index in [2.05, 4.69) is 5.32 Å². The van der Waals surface area contributed by atoms with Gasteiger partial charge in [-0.3, -0.25) is 4.79 Å². The molecular weight excluding hydrogens is 230 g/mol. The van der Waals surface area contributed by atoms with E-state index in [1.165, 1.54) is 6.42 Å². The molecule has 1 saturated carbocycles. The summed E-state index contributed by atoms with van der Waals surface area (Å²) in [5, 5.41) is 3.09. The fourth-order valence-electron chi connectivity index (χ4n) is 2.90. The van der Waals surface area contributed by atoms with Gasteiger partial charge in [-0.25, -0.2) is 0 Å². The molecule has 1 N–H and O–H groups in total. The molecule has 1 saturated heterocycles. The lowest BCUT2D eigenvalue weighted by Crippen LogP contribution is -2.46. The van der Waals surface area contributed by atoms with Gasteiger partial charge in [0.2, 0.25) is 5.91 Å². The molecule has 0 aromatic heterocycles. The van der Waals surface area contributed by atoms with Gasteiger partial charge < -0.3 is 14.8 Å². The van der Waals surface area contributed by atoms with Crippen molar-refractivity contribution >= 4 is 5.91 Å². The molecule has 2 fully saturated rings. The van der Waals surface area contributed by atoms with Crippen LogP contribution < -0.4 is 5.32 Å². The minimum Gasteiger partial charge on any atom is -0.385 e. The van der Waals surface area contributed by atoms with Crippen molar-refractivity contribution in [3.63, 3.8) is 0 Å². The van der Waals surface area contributed by atoms with Crippen molar-refractivity contribution < 1.29 is 14.3 Å². The second-order valence-corrected chi connectivity index (χ2v) is 5.56. The monoisotopic (exact) mass is 255 g/mol. The molecule has 1 heterocycles. The Balaban J connectivity index is 1.68. The van der Waals surface area contributed by atoms with E-state index in [1.807, 2.05) is 0 Å². The molecule has 1 aliphatic heterocycles. The molecule has 0 unspecified atom stereocenters. The Morgan fingerprint density at radius 3 is 2.83 bits per heavy atom. The molecule has 0 radical (unpaired) electrons. The lowest BCUT2D eigenvalue weighted by atomic mass is 9.66. The summed E-state index contributed by atoms with van der Waals surface area (Å²) < 4.78 is 10.7. The number of hydrogen-bond donors (Lipinski definition) is 1. The first-order valence-corrected chi connectivity index (χ1v) is 7.16. The van der Waals surface area contributed by atoms with Gasteiger partial charge in [-0.05, 0) is 38.5 Å². The summed E-state index contributed by atoms with van der Waals surface area (Å²) in [5.74, 6) is 0.226. The molecule has 0 aromatic carbocycles. The Morgan fingerprint density at radius 1 is 1.44 bits per heavy atom. The van der Waals surface area contributed by atoms with Crippen LogP contribution in [0.5, 0.6) is 0 Å². The zero-order valence-corrected chi connectivity index (χ0v) is 11.4. The van der Waals surface area contributed by atoms with E-state index >= 15 is 0 Å². The van der Waals surface area contributed by atoms with Crippen LogP contribution in [0.25, 0.3) is 0 Å². The van der Waals surface area contributed by atoms with Gasteiger partial charge in [0.15, 0.2) is 0 Å². The molecule has 18 heavy (non-hydrogen) atoms. The third-order valence-electron chi connectivity index (χ3n) is 4.35. The second-order valence-electron chi connectivity index (χ2n) is 5.56. The Kier molecular flexibility index (Phi) is 5.01. The summed E-state index contributed by atoms with van der Waals surface area (Å²) >= 11 is 0. The number of rotatable bonds is 7. The fraction of sp³-hybridized carbons (Fsp3) is 0.929. The molecule has 1 amide bonds. The second kappa shape index (κ2) is 6.53. The third kappa shape index (κ3) is 3.23. The van der Waals surface area contributed by atoms with Crippen molar-refractivity contribution in [1.29, 1.82) is 0 Å². The molecule has 1 atom stereocenters. The molecule has 2 rings (SSSR count). The molecular formula is C14H25NO3. The molecule has 2 aliphatic rings. The van der Waals surface area contributed by atoms with E-state index < -0.39 is 0 Å². The normalized spacial score (nSPS) is 25.7. The Hall–Kier alpha value is -0.610. The Bertz CT molecular complexity index is 270. The summed E-state index contributed by atoms with van der Waals surface area (Å²) in [6, 6.07) is 0. The van der Waals surface area contributed by atoms with E-state index in [4.69, 9.17) is 9.47 Å². The van der Waals surface area contributed by atoms with Crippen LogP contribution in [0.15, 0.2) is 0 Å².